The Hall–Kier alpha value is -3.04. The summed E-state index contributed by atoms with van der Waals surface area (Å²) in [5, 5.41) is 11.1. The zero-order valence-corrected chi connectivity index (χ0v) is 16.7. The second-order valence-corrected chi connectivity index (χ2v) is 7.36. The topological polar surface area (TPSA) is 91.9 Å². The fourth-order valence-corrected chi connectivity index (χ4v) is 3.67. The van der Waals surface area contributed by atoms with E-state index in [2.05, 4.69) is 30.4 Å². The van der Waals surface area contributed by atoms with E-state index in [1.165, 1.54) is 11.3 Å². The highest BCUT2D eigenvalue weighted by molar-refractivity contribution is 7.21. The zero-order chi connectivity index (χ0) is 19.5. The van der Waals surface area contributed by atoms with E-state index in [0.29, 0.717) is 6.61 Å². The maximum Gasteiger partial charge on any atom is 0.190 e. The first-order chi connectivity index (χ1) is 13.6. The fraction of sp³-hybridized carbons (Fsp3) is 0.263. The fourth-order valence-electron chi connectivity index (χ4n) is 2.82. The maximum absolute atomic E-state index is 5.14. The van der Waals surface area contributed by atoms with E-state index in [4.69, 9.17) is 9.72 Å². The van der Waals surface area contributed by atoms with Gasteiger partial charge in [-0.05, 0) is 25.1 Å². The Morgan fingerprint density at radius 1 is 1.25 bits per heavy atom. The van der Waals surface area contributed by atoms with Crippen molar-refractivity contribution < 1.29 is 4.74 Å². The van der Waals surface area contributed by atoms with Crippen LogP contribution in [0.15, 0.2) is 36.7 Å². The van der Waals surface area contributed by atoms with Crippen molar-refractivity contribution in [3.8, 4) is 11.3 Å². The monoisotopic (exact) mass is 395 g/mol. The number of hydrogen-bond acceptors (Lipinski definition) is 8. The molecule has 2 N–H and O–H groups in total. The summed E-state index contributed by atoms with van der Waals surface area (Å²) in [7, 11) is 3.73. The summed E-state index contributed by atoms with van der Waals surface area (Å²) >= 11 is 1.50. The molecule has 0 amide bonds. The van der Waals surface area contributed by atoms with E-state index >= 15 is 0 Å². The third kappa shape index (κ3) is 3.80. The minimum atomic E-state index is 0.670. The van der Waals surface area contributed by atoms with E-state index in [9.17, 15) is 0 Å². The van der Waals surface area contributed by atoms with Gasteiger partial charge in [0.05, 0.1) is 18.5 Å². The minimum absolute atomic E-state index is 0.670. The number of pyridine rings is 2. The van der Waals surface area contributed by atoms with E-state index in [1.807, 2.05) is 38.2 Å². The van der Waals surface area contributed by atoms with Crippen molar-refractivity contribution in [1.82, 2.24) is 25.1 Å². The van der Waals surface area contributed by atoms with Crippen molar-refractivity contribution in [2.45, 2.75) is 6.92 Å². The van der Waals surface area contributed by atoms with Gasteiger partial charge >= 0.3 is 0 Å². The van der Waals surface area contributed by atoms with Crippen LogP contribution in [-0.2, 0) is 4.74 Å². The molecule has 0 saturated carbocycles. The molecule has 8 nitrogen and oxygen atoms in total. The van der Waals surface area contributed by atoms with Crippen LogP contribution in [0, 0.1) is 6.92 Å². The molecule has 0 fully saturated rings. The molecule has 0 atom stereocenters. The largest absolute Gasteiger partial charge is 0.383 e. The normalized spacial score (nSPS) is 11.1. The average molecular weight is 395 g/mol. The summed E-state index contributed by atoms with van der Waals surface area (Å²) in [4.78, 5) is 16.8. The molecule has 0 aliphatic rings. The van der Waals surface area contributed by atoms with E-state index in [-0.39, 0.29) is 0 Å². The second kappa shape index (κ2) is 7.91. The molecule has 9 heteroatoms. The molecule has 0 aliphatic carbocycles. The summed E-state index contributed by atoms with van der Waals surface area (Å²) in [6.45, 7) is 3.46. The Kier molecular flexibility index (Phi) is 5.18. The van der Waals surface area contributed by atoms with Gasteiger partial charge in [0, 0.05) is 49.9 Å². The highest BCUT2D eigenvalue weighted by atomic mass is 32.1. The van der Waals surface area contributed by atoms with Crippen molar-refractivity contribution in [3.63, 3.8) is 0 Å². The lowest BCUT2D eigenvalue weighted by molar-refractivity contribution is 0.206. The number of nitrogens with one attached hydrogen (secondary N) is 2. The summed E-state index contributed by atoms with van der Waals surface area (Å²) in [6, 6.07) is 7.91. The van der Waals surface area contributed by atoms with Gasteiger partial charge in [-0.1, -0.05) is 11.3 Å². The minimum Gasteiger partial charge on any atom is -0.383 e. The summed E-state index contributed by atoms with van der Waals surface area (Å²) < 4.78 is 5.14. The SMILES string of the molecule is COCCN(C)c1ccnc(Nc2nc3ccc(-c4cn[nH]c4C)nc3s2)c1. The van der Waals surface area contributed by atoms with Crippen LogP contribution in [0.2, 0.25) is 0 Å². The number of aromatic amines is 1. The molecular weight excluding hydrogens is 374 g/mol. The van der Waals surface area contributed by atoms with Crippen LogP contribution >= 0.6 is 11.3 Å². The number of ether oxygens (including phenoxy) is 1. The molecule has 0 saturated heterocycles. The second-order valence-electron chi connectivity index (χ2n) is 6.39. The van der Waals surface area contributed by atoms with Crippen LogP contribution in [0.25, 0.3) is 21.6 Å². The number of likely N-dealkylation sites (N-methyl/N-ethyl adjacent to an activating group) is 1. The zero-order valence-electron chi connectivity index (χ0n) is 15.9. The molecule has 0 aromatic carbocycles. The molecule has 4 rings (SSSR count). The van der Waals surface area contributed by atoms with Crippen molar-refractivity contribution in [2.75, 3.05) is 37.5 Å². The molecule has 0 bridgehead atoms. The van der Waals surface area contributed by atoms with Crippen LogP contribution in [0.4, 0.5) is 16.6 Å². The predicted molar refractivity (Wildman–Crippen MR) is 112 cm³/mol. The van der Waals surface area contributed by atoms with Crippen LogP contribution in [0.5, 0.6) is 0 Å². The van der Waals surface area contributed by atoms with Gasteiger partial charge in [0.25, 0.3) is 0 Å². The number of hydrogen-bond donors (Lipinski definition) is 2. The van der Waals surface area contributed by atoms with Gasteiger partial charge in [0.15, 0.2) is 5.13 Å². The number of nitrogens with zero attached hydrogens (tertiary/aromatic N) is 5. The Morgan fingerprint density at radius 2 is 2.14 bits per heavy atom. The summed E-state index contributed by atoms with van der Waals surface area (Å²) in [6.07, 6.45) is 3.57. The molecule has 0 spiro atoms. The van der Waals surface area contributed by atoms with Gasteiger partial charge in [-0.2, -0.15) is 5.10 Å². The predicted octanol–water partition coefficient (Wildman–Crippen LogP) is 3.61. The molecule has 0 radical (unpaired) electrons. The Labute approximate surface area is 166 Å². The first-order valence-corrected chi connectivity index (χ1v) is 9.67. The number of aryl methyl sites for hydroxylation is 1. The Bertz CT molecular complexity index is 1090. The van der Waals surface area contributed by atoms with Gasteiger partial charge in [0.2, 0.25) is 0 Å². The molecule has 0 aliphatic heterocycles. The lowest BCUT2D eigenvalue weighted by Crippen LogP contribution is -2.22. The van der Waals surface area contributed by atoms with Gasteiger partial charge in [-0.3, -0.25) is 5.10 Å². The van der Waals surface area contributed by atoms with Gasteiger partial charge < -0.3 is 15.0 Å². The number of H-pyrrole nitrogens is 1. The van der Waals surface area contributed by atoms with Crippen molar-refractivity contribution >= 4 is 38.3 Å². The van der Waals surface area contributed by atoms with E-state index in [0.717, 1.165) is 50.5 Å². The highest BCUT2D eigenvalue weighted by Crippen LogP contribution is 2.30. The summed E-state index contributed by atoms with van der Waals surface area (Å²) in [5.74, 6) is 0.742. The van der Waals surface area contributed by atoms with Crippen LogP contribution in [0.1, 0.15) is 5.69 Å². The smallest absolute Gasteiger partial charge is 0.190 e. The third-order valence-electron chi connectivity index (χ3n) is 4.41. The van der Waals surface area contributed by atoms with Crippen LogP contribution in [-0.4, -0.2) is 52.5 Å². The molecule has 28 heavy (non-hydrogen) atoms. The lowest BCUT2D eigenvalue weighted by atomic mass is 10.2. The number of aromatic nitrogens is 5. The first kappa shape index (κ1) is 18.3. The molecule has 4 aromatic heterocycles. The van der Waals surface area contributed by atoms with Crippen molar-refractivity contribution in [1.29, 1.82) is 0 Å². The third-order valence-corrected chi connectivity index (χ3v) is 5.29. The summed E-state index contributed by atoms with van der Waals surface area (Å²) in [5.41, 5.74) is 4.79. The number of methoxy groups -OCH3 is 1. The van der Waals surface area contributed by atoms with E-state index < -0.39 is 0 Å². The molecule has 4 heterocycles. The number of anilines is 3. The van der Waals surface area contributed by atoms with E-state index in [1.54, 1.807) is 19.5 Å². The quantitative estimate of drug-likeness (QED) is 0.494. The van der Waals surface area contributed by atoms with Gasteiger partial charge in [-0.25, -0.2) is 15.0 Å². The van der Waals surface area contributed by atoms with Gasteiger partial charge in [0.1, 0.15) is 16.2 Å². The number of thiazole rings is 1. The lowest BCUT2D eigenvalue weighted by Gasteiger charge is -2.19. The van der Waals surface area contributed by atoms with Gasteiger partial charge in [-0.15, -0.1) is 0 Å². The Balaban J connectivity index is 1.56. The number of fused-ring (bicyclic) bond motifs is 1. The maximum atomic E-state index is 5.14. The number of rotatable bonds is 7. The Morgan fingerprint density at radius 3 is 2.93 bits per heavy atom. The first-order valence-electron chi connectivity index (χ1n) is 8.85. The molecule has 0 unspecified atom stereocenters. The van der Waals surface area contributed by atoms with Crippen molar-refractivity contribution in [3.05, 3.63) is 42.4 Å². The average Bonchev–Trinajstić information content (AvgIpc) is 3.30. The molecular formula is C19H21N7OS. The standard InChI is InChI=1S/C19H21N7OS/c1-12-14(11-21-25-12)15-4-5-16-18(22-15)28-19(23-16)24-17-10-13(6-7-20-17)26(2)8-9-27-3/h4-7,10-11H,8-9H2,1-3H3,(H,21,25)(H,20,23,24). The molecule has 4 aromatic rings. The highest BCUT2D eigenvalue weighted by Gasteiger charge is 2.11. The van der Waals surface area contributed by atoms with Crippen LogP contribution < -0.4 is 10.2 Å². The van der Waals surface area contributed by atoms with Crippen LogP contribution in [0.3, 0.4) is 0 Å². The van der Waals surface area contributed by atoms with Crippen molar-refractivity contribution in [2.24, 2.45) is 0 Å². The molecule has 144 valence electrons.